The van der Waals surface area contributed by atoms with Crippen molar-refractivity contribution in [2.75, 3.05) is 18.6 Å². The van der Waals surface area contributed by atoms with Crippen molar-refractivity contribution in [3.63, 3.8) is 0 Å². The number of rotatable bonds is 7. The molecule has 2 heterocycles. The molecule has 0 aliphatic heterocycles. The molecule has 0 spiro atoms. The molecule has 0 saturated carbocycles. The number of thiophene rings is 1. The highest BCUT2D eigenvalue weighted by Gasteiger charge is 2.19. The van der Waals surface area contributed by atoms with Gasteiger partial charge in [-0.1, -0.05) is 24.3 Å². The second-order valence-corrected chi connectivity index (χ2v) is 8.68. The maximum atomic E-state index is 13.4. The van der Waals surface area contributed by atoms with Gasteiger partial charge in [0.05, 0.1) is 18.7 Å². The number of hydrogen-bond donors (Lipinski definition) is 0. The van der Waals surface area contributed by atoms with Crippen molar-refractivity contribution in [2.24, 2.45) is 0 Å². The van der Waals surface area contributed by atoms with Gasteiger partial charge in [0.1, 0.15) is 17.0 Å². The van der Waals surface area contributed by atoms with Crippen LogP contribution in [0.3, 0.4) is 0 Å². The van der Waals surface area contributed by atoms with E-state index >= 15 is 0 Å². The molecule has 2 aromatic carbocycles. The highest BCUT2D eigenvalue weighted by molar-refractivity contribution is 7.17. The minimum Gasteiger partial charge on any atom is -0.494 e. The first-order valence-electron chi connectivity index (χ1n) is 10.6. The van der Waals surface area contributed by atoms with E-state index in [-0.39, 0.29) is 24.6 Å². The van der Waals surface area contributed by atoms with Gasteiger partial charge in [0.2, 0.25) is 5.91 Å². The third-order valence-electron chi connectivity index (χ3n) is 5.47. The first kappa shape index (κ1) is 22.5. The van der Waals surface area contributed by atoms with E-state index in [1.54, 1.807) is 18.5 Å². The molecule has 8 heteroatoms. The highest BCUT2D eigenvalue weighted by Crippen LogP contribution is 2.18. The molecular weight excluding hydrogens is 438 g/mol. The van der Waals surface area contributed by atoms with Crippen molar-refractivity contribution in [2.45, 2.75) is 26.9 Å². The van der Waals surface area contributed by atoms with E-state index in [0.717, 1.165) is 22.6 Å². The number of anilines is 1. The topological polar surface area (TPSA) is 73.5 Å². The molecule has 0 radical (unpaired) electrons. The number of nitrogens with zero attached hydrogens (tertiary/aromatic N) is 3. The van der Waals surface area contributed by atoms with Crippen LogP contribution < -0.4 is 20.9 Å². The minimum atomic E-state index is -0.509. The molecule has 0 saturated heterocycles. The Balaban J connectivity index is 1.70. The number of carbonyl (C=O) groups excluding carboxylic acids is 1. The predicted molar refractivity (Wildman–Crippen MR) is 132 cm³/mol. The van der Waals surface area contributed by atoms with Crippen molar-refractivity contribution in [1.82, 2.24) is 9.13 Å². The Morgan fingerprint density at radius 2 is 1.82 bits per heavy atom. The lowest BCUT2D eigenvalue weighted by Crippen LogP contribution is -2.42. The first-order valence-corrected chi connectivity index (χ1v) is 11.5. The normalized spacial score (nSPS) is 11.0. The predicted octanol–water partition coefficient (Wildman–Crippen LogP) is 3.64. The third kappa shape index (κ3) is 4.61. The van der Waals surface area contributed by atoms with Gasteiger partial charge < -0.3 is 9.64 Å². The van der Waals surface area contributed by atoms with Crippen LogP contribution in [0.2, 0.25) is 0 Å². The SMILES string of the molecule is CCOc1ccc(Cn2c(=O)c3sccc3n(CC(=O)N(C)c3cccc(C)c3)c2=O)cc1. The van der Waals surface area contributed by atoms with Gasteiger partial charge in [0.15, 0.2) is 0 Å². The van der Waals surface area contributed by atoms with Gasteiger partial charge in [-0.25, -0.2) is 4.79 Å². The fourth-order valence-electron chi connectivity index (χ4n) is 3.69. The van der Waals surface area contributed by atoms with Crippen LogP contribution in [0, 0.1) is 6.92 Å². The molecule has 1 amide bonds. The average Bonchev–Trinajstić information content (AvgIpc) is 3.30. The van der Waals surface area contributed by atoms with Crippen LogP contribution in [0.25, 0.3) is 10.2 Å². The summed E-state index contributed by atoms with van der Waals surface area (Å²) in [6.45, 7) is 4.37. The molecule has 0 aliphatic rings. The van der Waals surface area contributed by atoms with E-state index in [2.05, 4.69) is 0 Å². The number of aryl methyl sites for hydroxylation is 1. The molecule has 2 aromatic heterocycles. The average molecular weight is 464 g/mol. The molecule has 0 fully saturated rings. The Kier molecular flexibility index (Phi) is 6.46. The molecule has 4 aromatic rings. The van der Waals surface area contributed by atoms with Crippen LogP contribution in [0.5, 0.6) is 5.75 Å². The summed E-state index contributed by atoms with van der Waals surface area (Å²) in [7, 11) is 1.68. The van der Waals surface area contributed by atoms with Gasteiger partial charge in [-0.2, -0.15) is 0 Å². The molecule has 0 N–H and O–H groups in total. The Labute approximate surface area is 195 Å². The van der Waals surface area contributed by atoms with E-state index in [0.29, 0.717) is 16.8 Å². The summed E-state index contributed by atoms with van der Waals surface area (Å²) in [6, 6.07) is 16.6. The molecule has 0 atom stereocenters. The van der Waals surface area contributed by atoms with Gasteiger partial charge >= 0.3 is 5.69 Å². The van der Waals surface area contributed by atoms with E-state index in [4.69, 9.17) is 4.74 Å². The highest BCUT2D eigenvalue weighted by atomic mass is 32.1. The number of amides is 1. The summed E-state index contributed by atoms with van der Waals surface area (Å²) in [6.07, 6.45) is 0. The lowest BCUT2D eigenvalue weighted by Gasteiger charge is -2.19. The lowest BCUT2D eigenvalue weighted by molar-refractivity contribution is -0.118. The van der Waals surface area contributed by atoms with Crippen molar-refractivity contribution in [3.05, 3.63) is 91.9 Å². The monoisotopic (exact) mass is 463 g/mol. The Hall–Kier alpha value is -3.65. The largest absolute Gasteiger partial charge is 0.494 e. The fraction of sp³-hybridized carbons (Fsp3) is 0.240. The van der Waals surface area contributed by atoms with Gasteiger partial charge in [0, 0.05) is 12.7 Å². The van der Waals surface area contributed by atoms with E-state index in [1.165, 1.54) is 25.4 Å². The molecule has 33 heavy (non-hydrogen) atoms. The van der Waals surface area contributed by atoms with Crippen molar-refractivity contribution < 1.29 is 9.53 Å². The van der Waals surface area contributed by atoms with E-state index in [9.17, 15) is 14.4 Å². The lowest BCUT2D eigenvalue weighted by atomic mass is 10.2. The molecule has 0 aliphatic carbocycles. The maximum Gasteiger partial charge on any atom is 0.332 e. The van der Waals surface area contributed by atoms with E-state index in [1.807, 2.05) is 62.4 Å². The van der Waals surface area contributed by atoms with Crippen LogP contribution in [0.1, 0.15) is 18.1 Å². The fourth-order valence-corrected chi connectivity index (χ4v) is 4.53. The van der Waals surface area contributed by atoms with Crippen LogP contribution >= 0.6 is 11.3 Å². The number of benzene rings is 2. The van der Waals surface area contributed by atoms with Gasteiger partial charge in [-0.15, -0.1) is 11.3 Å². The Morgan fingerprint density at radius 3 is 2.52 bits per heavy atom. The first-order chi connectivity index (χ1) is 15.9. The maximum absolute atomic E-state index is 13.4. The summed E-state index contributed by atoms with van der Waals surface area (Å²) in [5.74, 6) is 0.478. The second-order valence-electron chi connectivity index (χ2n) is 7.76. The number of ether oxygens (including phenoxy) is 1. The van der Waals surface area contributed by atoms with Gasteiger partial charge in [0.25, 0.3) is 5.56 Å². The summed E-state index contributed by atoms with van der Waals surface area (Å²) in [5, 5.41) is 1.76. The molecular formula is C25H25N3O4S. The van der Waals surface area contributed by atoms with Crippen molar-refractivity contribution in [1.29, 1.82) is 0 Å². The van der Waals surface area contributed by atoms with Crippen LogP contribution in [-0.2, 0) is 17.9 Å². The zero-order valence-electron chi connectivity index (χ0n) is 18.8. The van der Waals surface area contributed by atoms with Crippen molar-refractivity contribution in [3.8, 4) is 5.75 Å². The van der Waals surface area contributed by atoms with E-state index < -0.39 is 5.69 Å². The molecule has 7 nitrogen and oxygen atoms in total. The van der Waals surface area contributed by atoms with Crippen molar-refractivity contribution >= 4 is 33.1 Å². The Bertz CT molecular complexity index is 1420. The molecule has 0 bridgehead atoms. The Morgan fingerprint density at radius 1 is 1.06 bits per heavy atom. The van der Waals surface area contributed by atoms with Gasteiger partial charge in [-0.3, -0.25) is 18.7 Å². The standard InChI is InChI=1S/C25H25N3O4S/c1-4-32-20-10-8-18(9-11-20)15-28-24(30)23-21(12-13-33-23)27(25(28)31)16-22(29)26(3)19-7-5-6-17(2)14-19/h5-14H,4,15-16H2,1-3H3. The smallest absolute Gasteiger partial charge is 0.332 e. The zero-order valence-corrected chi connectivity index (χ0v) is 19.6. The summed E-state index contributed by atoms with van der Waals surface area (Å²) in [4.78, 5) is 41.0. The minimum absolute atomic E-state index is 0.111. The van der Waals surface area contributed by atoms with Crippen LogP contribution in [-0.4, -0.2) is 28.7 Å². The number of carbonyl (C=O) groups is 1. The zero-order chi connectivity index (χ0) is 23.5. The summed E-state index contributed by atoms with van der Waals surface area (Å²) in [5.41, 5.74) is 2.19. The second kappa shape index (κ2) is 9.46. The summed E-state index contributed by atoms with van der Waals surface area (Å²) < 4.78 is 8.48. The number of hydrogen-bond acceptors (Lipinski definition) is 5. The molecule has 4 rings (SSSR count). The summed E-state index contributed by atoms with van der Waals surface area (Å²) >= 11 is 1.27. The number of likely N-dealkylation sites (N-methyl/N-ethyl adjacent to an activating group) is 1. The van der Waals surface area contributed by atoms with Gasteiger partial charge in [-0.05, 0) is 60.7 Å². The van der Waals surface area contributed by atoms with Crippen LogP contribution in [0.15, 0.2) is 69.6 Å². The molecule has 170 valence electrons. The quantitative estimate of drug-likeness (QED) is 0.419. The number of aromatic nitrogens is 2. The van der Waals surface area contributed by atoms with Crippen LogP contribution in [0.4, 0.5) is 5.69 Å². The third-order valence-corrected chi connectivity index (χ3v) is 6.36. The number of fused-ring (bicyclic) bond motifs is 1. The molecule has 0 unspecified atom stereocenters.